The van der Waals surface area contributed by atoms with E-state index in [0.717, 1.165) is 32.5 Å². The van der Waals surface area contributed by atoms with Crippen molar-refractivity contribution < 1.29 is 9.15 Å². The summed E-state index contributed by atoms with van der Waals surface area (Å²) in [6, 6.07) is 1.98. The van der Waals surface area contributed by atoms with Crippen molar-refractivity contribution in [3.8, 4) is 0 Å². The van der Waals surface area contributed by atoms with Gasteiger partial charge < -0.3 is 14.9 Å². The molecule has 1 aliphatic heterocycles. The van der Waals surface area contributed by atoms with Crippen LogP contribution in [-0.2, 0) is 11.2 Å². The van der Waals surface area contributed by atoms with Crippen molar-refractivity contribution in [2.24, 2.45) is 5.73 Å². The van der Waals surface area contributed by atoms with Crippen LogP contribution in [0.5, 0.6) is 0 Å². The molecule has 0 unspecified atom stereocenters. The fourth-order valence-corrected chi connectivity index (χ4v) is 1.75. The van der Waals surface area contributed by atoms with Gasteiger partial charge in [0.25, 0.3) is 0 Å². The lowest BCUT2D eigenvalue weighted by atomic mass is 9.86. The quantitative estimate of drug-likeness (QED) is 0.748. The topological polar surface area (TPSA) is 48.4 Å². The Morgan fingerprint density at radius 3 is 2.77 bits per heavy atom. The largest absolute Gasteiger partial charge is 0.472 e. The molecule has 3 heteroatoms. The van der Waals surface area contributed by atoms with Crippen molar-refractivity contribution in [3.05, 3.63) is 24.2 Å². The Morgan fingerprint density at radius 2 is 2.15 bits per heavy atom. The van der Waals surface area contributed by atoms with E-state index in [4.69, 9.17) is 14.9 Å². The summed E-state index contributed by atoms with van der Waals surface area (Å²) in [5.74, 6) is 0. The van der Waals surface area contributed by atoms with Crippen molar-refractivity contribution in [3.63, 3.8) is 0 Å². The number of ether oxygens (including phenoxy) is 1. The molecule has 1 fully saturated rings. The molecule has 2 N–H and O–H groups in total. The van der Waals surface area contributed by atoms with Crippen LogP contribution in [0.4, 0.5) is 0 Å². The molecule has 2 rings (SSSR count). The second kappa shape index (κ2) is 3.52. The van der Waals surface area contributed by atoms with E-state index < -0.39 is 0 Å². The number of furan rings is 1. The van der Waals surface area contributed by atoms with E-state index in [1.165, 1.54) is 5.56 Å². The Balaban J connectivity index is 1.99. The molecular weight excluding hydrogens is 166 g/mol. The first-order valence-corrected chi connectivity index (χ1v) is 4.66. The van der Waals surface area contributed by atoms with E-state index in [1.807, 2.05) is 6.07 Å². The molecule has 0 bridgehead atoms. The predicted molar refractivity (Wildman–Crippen MR) is 49.4 cm³/mol. The van der Waals surface area contributed by atoms with Crippen LogP contribution in [0, 0.1) is 0 Å². The zero-order valence-corrected chi connectivity index (χ0v) is 7.66. The van der Waals surface area contributed by atoms with Gasteiger partial charge in [-0.3, -0.25) is 0 Å². The van der Waals surface area contributed by atoms with Gasteiger partial charge in [0.05, 0.1) is 12.5 Å². The van der Waals surface area contributed by atoms with Gasteiger partial charge in [0.1, 0.15) is 0 Å². The molecule has 0 spiro atoms. The van der Waals surface area contributed by atoms with Crippen LogP contribution >= 0.6 is 0 Å². The summed E-state index contributed by atoms with van der Waals surface area (Å²) in [5.41, 5.74) is 7.33. The van der Waals surface area contributed by atoms with Gasteiger partial charge in [0.15, 0.2) is 0 Å². The average Bonchev–Trinajstić information content (AvgIpc) is 2.57. The highest BCUT2D eigenvalue weighted by Gasteiger charge is 2.28. The third-order valence-corrected chi connectivity index (χ3v) is 2.62. The van der Waals surface area contributed by atoms with Crippen LogP contribution in [0.3, 0.4) is 0 Å². The van der Waals surface area contributed by atoms with E-state index in [1.54, 1.807) is 12.5 Å². The monoisotopic (exact) mass is 181 g/mol. The maximum absolute atomic E-state index is 6.23. The molecule has 13 heavy (non-hydrogen) atoms. The second-order valence-corrected chi connectivity index (χ2v) is 3.78. The summed E-state index contributed by atoms with van der Waals surface area (Å²) in [5, 5.41) is 0. The van der Waals surface area contributed by atoms with E-state index in [9.17, 15) is 0 Å². The molecule has 1 aliphatic rings. The van der Waals surface area contributed by atoms with Gasteiger partial charge in [-0.1, -0.05) is 0 Å². The van der Waals surface area contributed by atoms with Crippen molar-refractivity contribution in [1.82, 2.24) is 0 Å². The lowest BCUT2D eigenvalue weighted by Gasteiger charge is -2.32. The minimum atomic E-state index is -0.0812. The maximum atomic E-state index is 6.23. The van der Waals surface area contributed by atoms with Gasteiger partial charge in [-0.15, -0.1) is 0 Å². The average molecular weight is 181 g/mol. The van der Waals surface area contributed by atoms with Crippen LogP contribution in [0.2, 0.25) is 0 Å². The highest BCUT2D eigenvalue weighted by molar-refractivity contribution is 5.11. The molecule has 0 aromatic carbocycles. The Bertz CT molecular complexity index is 250. The van der Waals surface area contributed by atoms with Crippen molar-refractivity contribution >= 4 is 0 Å². The molecule has 1 aromatic heterocycles. The zero-order valence-electron chi connectivity index (χ0n) is 7.66. The highest BCUT2D eigenvalue weighted by Crippen LogP contribution is 2.22. The third kappa shape index (κ3) is 2.11. The van der Waals surface area contributed by atoms with Crippen LogP contribution in [0.1, 0.15) is 18.4 Å². The highest BCUT2D eigenvalue weighted by atomic mass is 16.5. The molecule has 1 saturated heterocycles. The van der Waals surface area contributed by atoms with Gasteiger partial charge in [0.2, 0.25) is 0 Å². The van der Waals surface area contributed by atoms with Gasteiger partial charge in [0, 0.05) is 18.8 Å². The third-order valence-electron chi connectivity index (χ3n) is 2.62. The first kappa shape index (κ1) is 8.78. The van der Waals surface area contributed by atoms with Crippen molar-refractivity contribution in [2.75, 3.05) is 13.2 Å². The molecule has 0 saturated carbocycles. The molecule has 72 valence electrons. The number of rotatable bonds is 2. The lowest BCUT2D eigenvalue weighted by molar-refractivity contribution is 0.0533. The number of nitrogens with two attached hydrogens (primary N) is 1. The van der Waals surface area contributed by atoms with Crippen LogP contribution < -0.4 is 5.73 Å². The predicted octanol–water partition coefficient (Wildman–Crippen LogP) is 1.33. The molecule has 0 amide bonds. The minimum Gasteiger partial charge on any atom is -0.472 e. The fourth-order valence-electron chi connectivity index (χ4n) is 1.75. The van der Waals surface area contributed by atoms with E-state index in [-0.39, 0.29) is 5.54 Å². The van der Waals surface area contributed by atoms with Gasteiger partial charge >= 0.3 is 0 Å². The Kier molecular flexibility index (Phi) is 2.38. The molecule has 1 aromatic rings. The van der Waals surface area contributed by atoms with Gasteiger partial charge in [-0.05, 0) is 30.9 Å². The number of hydrogen-bond donors (Lipinski definition) is 1. The van der Waals surface area contributed by atoms with Crippen LogP contribution in [0.25, 0.3) is 0 Å². The smallest absolute Gasteiger partial charge is 0.0935 e. The standard InChI is InChI=1S/C10H15NO2/c11-10(2-5-12-6-3-10)7-9-1-4-13-8-9/h1,4,8H,2-3,5-7,11H2. The zero-order chi connectivity index (χ0) is 9.15. The SMILES string of the molecule is NC1(Cc2ccoc2)CCOCC1. The molecule has 2 heterocycles. The van der Waals surface area contributed by atoms with E-state index in [2.05, 4.69) is 0 Å². The lowest BCUT2D eigenvalue weighted by Crippen LogP contribution is -2.46. The van der Waals surface area contributed by atoms with E-state index in [0.29, 0.717) is 0 Å². The maximum Gasteiger partial charge on any atom is 0.0935 e. The van der Waals surface area contributed by atoms with Crippen LogP contribution in [-0.4, -0.2) is 18.8 Å². The minimum absolute atomic E-state index is 0.0812. The first-order valence-electron chi connectivity index (χ1n) is 4.66. The summed E-state index contributed by atoms with van der Waals surface area (Å²) in [6.07, 6.45) is 6.24. The molecular formula is C10H15NO2. The van der Waals surface area contributed by atoms with Crippen molar-refractivity contribution in [1.29, 1.82) is 0 Å². The van der Waals surface area contributed by atoms with Crippen molar-refractivity contribution in [2.45, 2.75) is 24.8 Å². The second-order valence-electron chi connectivity index (χ2n) is 3.78. The Morgan fingerprint density at radius 1 is 1.38 bits per heavy atom. The summed E-state index contributed by atoms with van der Waals surface area (Å²) in [6.45, 7) is 1.57. The molecule has 0 aliphatic carbocycles. The van der Waals surface area contributed by atoms with Crippen LogP contribution in [0.15, 0.2) is 23.0 Å². The molecule has 0 radical (unpaired) electrons. The molecule has 3 nitrogen and oxygen atoms in total. The summed E-state index contributed by atoms with van der Waals surface area (Å²) in [7, 11) is 0. The first-order chi connectivity index (χ1) is 6.29. The summed E-state index contributed by atoms with van der Waals surface area (Å²) in [4.78, 5) is 0. The normalized spacial score (nSPS) is 21.6. The van der Waals surface area contributed by atoms with Gasteiger partial charge in [-0.25, -0.2) is 0 Å². The Labute approximate surface area is 77.9 Å². The van der Waals surface area contributed by atoms with E-state index >= 15 is 0 Å². The Hall–Kier alpha value is -0.800. The summed E-state index contributed by atoms with van der Waals surface area (Å²) >= 11 is 0. The van der Waals surface area contributed by atoms with Gasteiger partial charge in [-0.2, -0.15) is 0 Å². The fraction of sp³-hybridized carbons (Fsp3) is 0.600. The molecule has 0 atom stereocenters. The number of hydrogen-bond acceptors (Lipinski definition) is 3. The summed E-state index contributed by atoms with van der Waals surface area (Å²) < 4.78 is 10.3.